The van der Waals surface area contributed by atoms with Crippen LogP contribution in [0.3, 0.4) is 0 Å². The smallest absolute Gasteiger partial charge is 0.190 e. The van der Waals surface area contributed by atoms with Gasteiger partial charge in [0.1, 0.15) is 0 Å². The Balaban J connectivity index is 1.82. The molecular formula is C19H23NO2. The van der Waals surface area contributed by atoms with E-state index >= 15 is 0 Å². The van der Waals surface area contributed by atoms with E-state index in [1.54, 1.807) is 12.1 Å². The lowest BCUT2D eigenvalue weighted by Gasteiger charge is -2.19. The van der Waals surface area contributed by atoms with E-state index in [2.05, 4.69) is 19.2 Å². The van der Waals surface area contributed by atoms with Gasteiger partial charge in [-0.2, -0.15) is 0 Å². The lowest BCUT2D eigenvalue weighted by molar-refractivity contribution is 0.0970. The molecule has 1 aromatic carbocycles. The highest BCUT2D eigenvalue weighted by Gasteiger charge is 2.33. The maximum Gasteiger partial charge on any atom is 0.190 e. The van der Waals surface area contributed by atoms with Gasteiger partial charge in [0.15, 0.2) is 11.6 Å². The molecule has 0 atom stereocenters. The first-order chi connectivity index (χ1) is 10.6. The molecule has 0 heterocycles. The first-order valence-electron chi connectivity index (χ1n) is 8.21. The number of carbonyl (C=O) groups is 2. The van der Waals surface area contributed by atoms with E-state index in [1.165, 1.54) is 0 Å². The molecule has 3 nitrogen and oxygen atoms in total. The van der Waals surface area contributed by atoms with Crippen molar-refractivity contribution >= 4 is 11.6 Å². The van der Waals surface area contributed by atoms with Crippen molar-refractivity contribution < 1.29 is 9.59 Å². The number of Topliss-reactive ketones (excluding diaryl/α,β-unsaturated/α-hetero) is 2. The standard InChI is InChI=1S/C19H23NO2/c1-12(2)20-11-13-7-9-16-17(10-8-13)19(22)15-6-4-3-5-14(15)18(16)21/h3-6,12-13,20H,7-11H2,1-2H3. The summed E-state index contributed by atoms with van der Waals surface area (Å²) in [7, 11) is 0. The number of allylic oxidation sites excluding steroid dienone is 2. The number of nitrogens with one attached hydrogen (secondary N) is 1. The van der Waals surface area contributed by atoms with E-state index in [4.69, 9.17) is 0 Å². The number of rotatable bonds is 3. The molecule has 0 amide bonds. The maximum atomic E-state index is 12.7. The van der Waals surface area contributed by atoms with Gasteiger partial charge in [0.2, 0.25) is 0 Å². The van der Waals surface area contributed by atoms with Crippen molar-refractivity contribution in [3.05, 3.63) is 46.5 Å². The second-order valence-electron chi connectivity index (χ2n) is 6.67. The monoisotopic (exact) mass is 297 g/mol. The van der Waals surface area contributed by atoms with E-state index < -0.39 is 0 Å². The first kappa shape index (κ1) is 15.2. The quantitative estimate of drug-likeness (QED) is 0.928. The average Bonchev–Trinajstić information content (AvgIpc) is 2.73. The molecule has 0 saturated heterocycles. The van der Waals surface area contributed by atoms with Crippen molar-refractivity contribution in [1.82, 2.24) is 5.32 Å². The summed E-state index contributed by atoms with van der Waals surface area (Å²) in [5.74, 6) is 0.682. The molecule has 0 radical (unpaired) electrons. The summed E-state index contributed by atoms with van der Waals surface area (Å²) in [6.07, 6.45) is 3.44. The number of fused-ring (bicyclic) bond motifs is 1. The Morgan fingerprint density at radius 3 is 1.95 bits per heavy atom. The van der Waals surface area contributed by atoms with Crippen LogP contribution in [-0.2, 0) is 0 Å². The molecule has 0 aliphatic heterocycles. The molecule has 2 aliphatic rings. The largest absolute Gasteiger partial charge is 0.314 e. The fourth-order valence-electron chi connectivity index (χ4n) is 3.45. The van der Waals surface area contributed by atoms with Crippen LogP contribution >= 0.6 is 0 Å². The highest BCUT2D eigenvalue weighted by Crippen LogP contribution is 2.35. The second kappa shape index (κ2) is 6.17. The third-order valence-corrected chi connectivity index (χ3v) is 4.75. The fourth-order valence-corrected chi connectivity index (χ4v) is 3.45. The number of benzene rings is 1. The SMILES string of the molecule is CC(C)NCC1CCC2=C(CC1)C(=O)c1ccccc1C2=O. The maximum absolute atomic E-state index is 12.7. The minimum Gasteiger partial charge on any atom is -0.314 e. The molecule has 1 aromatic rings. The van der Waals surface area contributed by atoms with Gasteiger partial charge in [-0.25, -0.2) is 0 Å². The van der Waals surface area contributed by atoms with Gasteiger partial charge in [-0.05, 0) is 38.1 Å². The van der Waals surface area contributed by atoms with Gasteiger partial charge in [-0.3, -0.25) is 9.59 Å². The van der Waals surface area contributed by atoms with Crippen molar-refractivity contribution in [3.8, 4) is 0 Å². The summed E-state index contributed by atoms with van der Waals surface area (Å²) in [6.45, 7) is 5.25. The molecule has 1 N–H and O–H groups in total. The first-order valence-corrected chi connectivity index (χ1v) is 8.21. The van der Waals surface area contributed by atoms with E-state index in [0.717, 1.165) is 43.4 Å². The molecule has 3 rings (SSSR count). The van der Waals surface area contributed by atoms with Crippen LogP contribution in [0.15, 0.2) is 35.4 Å². The average molecular weight is 297 g/mol. The van der Waals surface area contributed by atoms with Crippen LogP contribution in [-0.4, -0.2) is 24.2 Å². The van der Waals surface area contributed by atoms with Crippen LogP contribution in [0.25, 0.3) is 0 Å². The van der Waals surface area contributed by atoms with E-state index in [-0.39, 0.29) is 11.6 Å². The summed E-state index contributed by atoms with van der Waals surface area (Å²) in [5.41, 5.74) is 2.72. The summed E-state index contributed by atoms with van der Waals surface area (Å²) in [6, 6.07) is 7.70. The molecule has 0 aromatic heterocycles. The van der Waals surface area contributed by atoms with Crippen molar-refractivity contribution in [2.75, 3.05) is 6.54 Å². The number of hydrogen-bond acceptors (Lipinski definition) is 3. The lowest BCUT2D eigenvalue weighted by Crippen LogP contribution is -2.28. The fraction of sp³-hybridized carbons (Fsp3) is 0.474. The summed E-state index contributed by atoms with van der Waals surface area (Å²) >= 11 is 0. The normalized spacial score (nSPS) is 19.2. The second-order valence-corrected chi connectivity index (χ2v) is 6.67. The van der Waals surface area contributed by atoms with Crippen molar-refractivity contribution in [3.63, 3.8) is 0 Å². The summed E-state index contributed by atoms with van der Waals surface area (Å²) in [4.78, 5) is 25.4. The molecule has 0 bridgehead atoms. The van der Waals surface area contributed by atoms with E-state index in [9.17, 15) is 9.59 Å². The van der Waals surface area contributed by atoms with Crippen molar-refractivity contribution in [2.45, 2.75) is 45.6 Å². The molecule has 0 saturated carbocycles. The number of carbonyl (C=O) groups excluding carboxylic acids is 2. The zero-order chi connectivity index (χ0) is 15.7. The Kier molecular flexibility index (Phi) is 4.25. The molecular weight excluding hydrogens is 274 g/mol. The van der Waals surface area contributed by atoms with Gasteiger partial charge < -0.3 is 5.32 Å². The number of ketones is 2. The minimum atomic E-state index is 0.0719. The molecule has 0 unspecified atom stereocenters. The Bertz CT molecular complexity index is 594. The zero-order valence-corrected chi connectivity index (χ0v) is 13.3. The third kappa shape index (κ3) is 2.78. The third-order valence-electron chi connectivity index (χ3n) is 4.75. The van der Waals surface area contributed by atoms with Gasteiger partial charge >= 0.3 is 0 Å². The summed E-state index contributed by atoms with van der Waals surface area (Å²) < 4.78 is 0. The van der Waals surface area contributed by atoms with Crippen molar-refractivity contribution in [1.29, 1.82) is 0 Å². The Labute approximate surface area is 131 Å². The van der Waals surface area contributed by atoms with Crippen LogP contribution in [0.2, 0.25) is 0 Å². The van der Waals surface area contributed by atoms with Crippen LogP contribution < -0.4 is 5.32 Å². The van der Waals surface area contributed by atoms with E-state index in [0.29, 0.717) is 23.1 Å². The van der Waals surface area contributed by atoms with Crippen LogP contribution in [0.1, 0.15) is 60.2 Å². The molecule has 116 valence electrons. The minimum absolute atomic E-state index is 0.0719. The Hall–Kier alpha value is -1.74. The molecule has 0 fully saturated rings. The van der Waals surface area contributed by atoms with Gasteiger partial charge in [0.25, 0.3) is 0 Å². The molecule has 2 aliphatic carbocycles. The zero-order valence-electron chi connectivity index (χ0n) is 13.3. The molecule has 0 spiro atoms. The van der Waals surface area contributed by atoms with Gasteiger partial charge in [-0.15, -0.1) is 0 Å². The van der Waals surface area contributed by atoms with Crippen molar-refractivity contribution in [2.24, 2.45) is 5.92 Å². The van der Waals surface area contributed by atoms with Crippen LogP contribution in [0.5, 0.6) is 0 Å². The summed E-state index contributed by atoms with van der Waals surface area (Å²) in [5, 5.41) is 3.48. The lowest BCUT2D eigenvalue weighted by atomic mass is 9.82. The van der Waals surface area contributed by atoms with Gasteiger partial charge in [-0.1, -0.05) is 38.1 Å². The highest BCUT2D eigenvalue weighted by molar-refractivity contribution is 6.26. The Morgan fingerprint density at radius 2 is 1.50 bits per heavy atom. The molecule has 22 heavy (non-hydrogen) atoms. The number of hydrogen-bond donors (Lipinski definition) is 1. The van der Waals surface area contributed by atoms with Gasteiger partial charge in [0, 0.05) is 28.3 Å². The topological polar surface area (TPSA) is 46.2 Å². The Morgan fingerprint density at radius 1 is 1.00 bits per heavy atom. The van der Waals surface area contributed by atoms with E-state index in [1.807, 2.05) is 12.1 Å². The van der Waals surface area contributed by atoms with Gasteiger partial charge in [0.05, 0.1) is 0 Å². The van der Waals surface area contributed by atoms with Crippen LogP contribution in [0, 0.1) is 5.92 Å². The predicted octanol–water partition coefficient (Wildman–Crippen LogP) is 3.55. The van der Waals surface area contributed by atoms with Crippen LogP contribution in [0.4, 0.5) is 0 Å². The highest BCUT2D eigenvalue weighted by atomic mass is 16.1. The predicted molar refractivity (Wildman–Crippen MR) is 87.2 cm³/mol. The molecule has 3 heteroatoms.